The van der Waals surface area contributed by atoms with Gasteiger partial charge in [-0.25, -0.2) is 0 Å². The van der Waals surface area contributed by atoms with Gasteiger partial charge in [0.05, 0.1) is 12.8 Å². The zero-order valence-corrected chi connectivity index (χ0v) is 20.1. The number of H-pyrrole nitrogens is 1. The summed E-state index contributed by atoms with van der Waals surface area (Å²) in [5.74, 6) is 0.954. The number of halogens is 1. The standard InChI is InChI=1S/C27H26ClN3O3/c1-4-29-15(2)16-5-8-22-17(9-16)10-23(30-22)27(33)31-14-18(13-28)26-21-11-19(34-3)6-7-20(21)25(32)12-24(26)31/h5-12,18,30,32H,4,13-14H2,1-3H3/t18-/m1/s1. The third-order valence-electron chi connectivity index (χ3n) is 6.54. The zero-order valence-electron chi connectivity index (χ0n) is 19.4. The van der Waals surface area contributed by atoms with Crippen LogP contribution in [-0.2, 0) is 0 Å². The van der Waals surface area contributed by atoms with Gasteiger partial charge in [0.2, 0.25) is 0 Å². The fourth-order valence-corrected chi connectivity index (χ4v) is 5.10. The van der Waals surface area contributed by atoms with E-state index in [2.05, 4.69) is 9.98 Å². The number of benzene rings is 3. The highest BCUT2D eigenvalue weighted by molar-refractivity contribution is 6.19. The van der Waals surface area contributed by atoms with Gasteiger partial charge in [-0.15, -0.1) is 11.6 Å². The summed E-state index contributed by atoms with van der Waals surface area (Å²) in [7, 11) is 1.61. The number of aromatic amines is 1. The van der Waals surface area contributed by atoms with E-state index in [1.807, 2.05) is 56.3 Å². The summed E-state index contributed by atoms with van der Waals surface area (Å²) >= 11 is 6.35. The van der Waals surface area contributed by atoms with Gasteiger partial charge in [0, 0.05) is 53.0 Å². The number of amides is 1. The fourth-order valence-electron chi connectivity index (χ4n) is 4.85. The van der Waals surface area contributed by atoms with Crippen LogP contribution in [-0.4, -0.2) is 47.8 Å². The van der Waals surface area contributed by atoms with Crippen molar-refractivity contribution in [1.82, 2.24) is 4.98 Å². The summed E-state index contributed by atoms with van der Waals surface area (Å²) in [4.78, 5) is 23.1. The molecule has 34 heavy (non-hydrogen) atoms. The number of methoxy groups -OCH3 is 1. The van der Waals surface area contributed by atoms with Crippen molar-refractivity contribution >= 4 is 50.6 Å². The molecule has 1 atom stereocenters. The summed E-state index contributed by atoms with van der Waals surface area (Å²) in [5.41, 5.74) is 5.01. The van der Waals surface area contributed by atoms with Crippen LogP contribution < -0.4 is 9.64 Å². The fraction of sp³-hybridized carbons (Fsp3) is 0.259. The minimum atomic E-state index is -0.160. The molecule has 0 bridgehead atoms. The van der Waals surface area contributed by atoms with Crippen LogP contribution >= 0.6 is 11.6 Å². The molecule has 0 fully saturated rings. The molecule has 174 valence electrons. The van der Waals surface area contributed by atoms with Gasteiger partial charge in [-0.3, -0.25) is 9.79 Å². The molecule has 4 aromatic rings. The number of nitrogens with zero attached hydrogens (tertiary/aromatic N) is 2. The van der Waals surface area contributed by atoms with Crippen molar-refractivity contribution in [2.24, 2.45) is 4.99 Å². The first-order valence-electron chi connectivity index (χ1n) is 11.3. The number of alkyl halides is 1. The van der Waals surface area contributed by atoms with Gasteiger partial charge in [0.1, 0.15) is 17.2 Å². The molecule has 6 nitrogen and oxygen atoms in total. The number of aromatic nitrogens is 1. The highest BCUT2D eigenvalue weighted by atomic mass is 35.5. The molecule has 1 aromatic heterocycles. The van der Waals surface area contributed by atoms with E-state index < -0.39 is 0 Å². The Labute approximate surface area is 202 Å². The second-order valence-corrected chi connectivity index (χ2v) is 8.86. The van der Waals surface area contributed by atoms with Gasteiger partial charge in [0.25, 0.3) is 5.91 Å². The maximum atomic E-state index is 13.7. The number of fused-ring (bicyclic) bond motifs is 4. The number of nitrogens with one attached hydrogen (secondary N) is 1. The molecule has 3 aromatic carbocycles. The maximum absolute atomic E-state index is 13.7. The number of hydrogen-bond acceptors (Lipinski definition) is 4. The number of hydrogen-bond donors (Lipinski definition) is 2. The van der Waals surface area contributed by atoms with Crippen LogP contribution in [0.1, 0.15) is 41.4 Å². The third-order valence-corrected chi connectivity index (χ3v) is 6.91. The van der Waals surface area contributed by atoms with Crippen molar-refractivity contribution in [1.29, 1.82) is 0 Å². The van der Waals surface area contributed by atoms with Crippen LogP contribution in [0.5, 0.6) is 11.5 Å². The van der Waals surface area contributed by atoms with Crippen LogP contribution in [0.15, 0.2) is 53.5 Å². The average Bonchev–Trinajstić information content (AvgIpc) is 3.44. The largest absolute Gasteiger partial charge is 0.507 e. The molecule has 2 N–H and O–H groups in total. The van der Waals surface area contributed by atoms with Crippen molar-refractivity contribution in [3.63, 3.8) is 0 Å². The summed E-state index contributed by atoms with van der Waals surface area (Å²) in [6.07, 6.45) is 0. The molecular formula is C27H26ClN3O3. The molecule has 0 radical (unpaired) electrons. The minimum Gasteiger partial charge on any atom is -0.507 e. The third kappa shape index (κ3) is 3.59. The molecule has 0 aliphatic carbocycles. The first-order chi connectivity index (χ1) is 16.4. The van der Waals surface area contributed by atoms with Crippen molar-refractivity contribution in [2.45, 2.75) is 19.8 Å². The molecule has 2 heterocycles. The monoisotopic (exact) mass is 475 g/mol. The number of phenols is 1. The van der Waals surface area contributed by atoms with Crippen LogP contribution in [0.4, 0.5) is 5.69 Å². The number of phenolic OH excluding ortho intramolecular Hbond substituents is 1. The van der Waals surface area contributed by atoms with Gasteiger partial charge in [0.15, 0.2) is 0 Å². The molecule has 7 heteroatoms. The van der Waals surface area contributed by atoms with Crippen LogP contribution in [0, 0.1) is 0 Å². The lowest BCUT2D eigenvalue weighted by Crippen LogP contribution is -2.30. The lowest BCUT2D eigenvalue weighted by molar-refractivity contribution is 0.0984. The molecule has 0 spiro atoms. The topological polar surface area (TPSA) is 77.9 Å². The number of carbonyl (C=O) groups excluding carboxylic acids is 1. The van der Waals surface area contributed by atoms with E-state index in [0.717, 1.165) is 39.7 Å². The van der Waals surface area contributed by atoms with Gasteiger partial charge in [-0.2, -0.15) is 0 Å². The number of carbonyl (C=O) groups is 1. The smallest absolute Gasteiger partial charge is 0.274 e. The normalized spacial score (nSPS) is 15.8. The Hall–Kier alpha value is -3.51. The predicted molar refractivity (Wildman–Crippen MR) is 138 cm³/mol. The number of anilines is 1. The van der Waals surface area contributed by atoms with E-state index in [0.29, 0.717) is 34.9 Å². The van der Waals surface area contributed by atoms with Gasteiger partial charge in [-0.1, -0.05) is 6.07 Å². The quantitative estimate of drug-likeness (QED) is 0.281. The highest BCUT2D eigenvalue weighted by Crippen LogP contribution is 2.46. The summed E-state index contributed by atoms with van der Waals surface area (Å²) < 4.78 is 5.40. The number of aliphatic imine (C=N–C) groups is 1. The minimum absolute atomic E-state index is 0.0558. The van der Waals surface area contributed by atoms with Crippen LogP contribution in [0.25, 0.3) is 21.7 Å². The Kier molecular flexibility index (Phi) is 5.70. The van der Waals surface area contributed by atoms with Gasteiger partial charge < -0.3 is 19.7 Å². The zero-order chi connectivity index (χ0) is 24.0. The lowest BCUT2D eigenvalue weighted by Gasteiger charge is -2.17. The SMILES string of the molecule is CCN=C(C)c1ccc2[nH]c(C(=O)N3C[C@@H](CCl)c4c3cc(O)c3ccc(OC)cc43)cc2c1. The Morgan fingerprint density at radius 1 is 1.21 bits per heavy atom. The second kappa shape index (κ2) is 8.69. The molecule has 1 amide bonds. The summed E-state index contributed by atoms with van der Waals surface area (Å²) in [6, 6.07) is 15.1. The molecule has 5 rings (SSSR count). The Balaban J connectivity index is 1.58. The number of rotatable bonds is 5. The molecule has 1 aliphatic heterocycles. The van der Waals surface area contributed by atoms with E-state index in [-0.39, 0.29) is 17.6 Å². The molecule has 0 saturated carbocycles. The van der Waals surface area contributed by atoms with Gasteiger partial charge in [-0.05, 0) is 66.8 Å². The van der Waals surface area contributed by atoms with Crippen molar-refractivity contribution in [2.75, 3.05) is 31.0 Å². The molecular weight excluding hydrogens is 450 g/mol. The summed E-state index contributed by atoms with van der Waals surface area (Å²) in [5, 5.41) is 13.3. The van der Waals surface area contributed by atoms with E-state index in [1.165, 1.54) is 0 Å². The van der Waals surface area contributed by atoms with Crippen molar-refractivity contribution in [3.05, 3.63) is 65.4 Å². The molecule has 0 unspecified atom stereocenters. The average molecular weight is 476 g/mol. The number of aromatic hydroxyl groups is 1. The summed E-state index contributed by atoms with van der Waals surface area (Å²) in [6.45, 7) is 5.16. The van der Waals surface area contributed by atoms with Crippen molar-refractivity contribution < 1.29 is 14.6 Å². The predicted octanol–water partition coefficient (Wildman–Crippen LogP) is 5.85. The Morgan fingerprint density at radius 2 is 2.03 bits per heavy atom. The second-order valence-electron chi connectivity index (χ2n) is 8.55. The van der Waals surface area contributed by atoms with Crippen molar-refractivity contribution in [3.8, 4) is 11.5 Å². The lowest BCUT2D eigenvalue weighted by atomic mass is 9.95. The first kappa shape index (κ1) is 22.3. The Morgan fingerprint density at radius 3 is 2.76 bits per heavy atom. The van der Waals surface area contributed by atoms with E-state index >= 15 is 0 Å². The first-order valence-corrected chi connectivity index (χ1v) is 11.8. The van der Waals surface area contributed by atoms with Gasteiger partial charge >= 0.3 is 0 Å². The van der Waals surface area contributed by atoms with E-state index in [9.17, 15) is 9.90 Å². The maximum Gasteiger partial charge on any atom is 0.274 e. The van der Waals surface area contributed by atoms with Crippen LogP contribution in [0.2, 0.25) is 0 Å². The number of ether oxygens (including phenoxy) is 1. The van der Waals surface area contributed by atoms with Crippen LogP contribution in [0.3, 0.4) is 0 Å². The highest BCUT2D eigenvalue weighted by Gasteiger charge is 2.35. The molecule has 0 saturated heterocycles. The van der Waals surface area contributed by atoms with E-state index in [1.54, 1.807) is 18.1 Å². The molecule has 1 aliphatic rings. The van der Waals surface area contributed by atoms with E-state index in [4.69, 9.17) is 16.3 Å². The Bertz CT molecular complexity index is 1460.